The summed E-state index contributed by atoms with van der Waals surface area (Å²) in [4.78, 5) is 15.0. The summed E-state index contributed by atoms with van der Waals surface area (Å²) >= 11 is 0. The molecule has 9 aromatic carbocycles. The molecule has 10 rings (SSSR count). The molecule has 0 aliphatic heterocycles. The molecule has 0 N–H and O–H groups in total. The molecule has 1 aromatic heterocycles. The van der Waals surface area contributed by atoms with Gasteiger partial charge in [0.05, 0.1) is 0 Å². The van der Waals surface area contributed by atoms with Crippen molar-refractivity contribution in [3.05, 3.63) is 176 Å². The maximum atomic E-state index is 5.04. The molecule has 0 radical (unpaired) electrons. The molecule has 0 unspecified atom stereocenters. The molecule has 10 aromatic rings. The van der Waals surface area contributed by atoms with Crippen LogP contribution in [0.4, 0.5) is 0 Å². The predicted molar refractivity (Wildman–Crippen MR) is 209 cm³/mol. The number of aromatic nitrogens is 3. The first-order valence-electron chi connectivity index (χ1n) is 16.9. The zero-order valence-corrected chi connectivity index (χ0v) is 27.1. The van der Waals surface area contributed by atoms with Crippen LogP contribution in [0, 0.1) is 0 Å². The van der Waals surface area contributed by atoms with Crippen molar-refractivity contribution in [2.45, 2.75) is 0 Å². The van der Waals surface area contributed by atoms with E-state index in [1.54, 1.807) is 0 Å². The number of hydrogen-bond donors (Lipinski definition) is 0. The largest absolute Gasteiger partial charge is 0.208 e. The fraction of sp³-hybridized carbons (Fsp3) is 0. The summed E-state index contributed by atoms with van der Waals surface area (Å²) in [7, 11) is 0. The van der Waals surface area contributed by atoms with E-state index >= 15 is 0 Å². The number of benzene rings is 9. The maximum Gasteiger partial charge on any atom is 0.164 e. The van der Waals surface area contributed by atoms with E-state index in [2.05, 4.69) is 115 Å². The second kappa shape index (κ2) is 11.5. The fourth-order valence-electron chi connectivity index (χ4n) is 7.49. The second-order valence-corrected chi connectivity index (χ2v) is 12.8. The van der Waals surface area contributed by atoms with E-state index in [4.69, 9.17) is 15.0 Å². The van der Waals surface area contributed by atoms with Gasteiger partial charge in [0, 0.05) is 16.7 Å². The molecule has 50 heavy (non-hydrogen) atoms. The Morgan fingerprint density at radius 3 is 1.52 bits per heavy atom. The van der Waals surface area contributed by atoms with Crippen molar-refractivity contribution in [1.29, 1.82) is 0 Å². The zero-order valence-electron chi connectivity index (χ0n) is 27.1. The Morgan fingerprint density at radius 1 is 0.260 bits per heavy atom. The van der Waals surface area contributed by atoms with E-state index in [0.717, 1.165) is 27.5 Å². The van der Waals surface area contributed by atoms with Gasteiger partial charge < -0.3 is 0 Å². The molecule has 0 amide bonds. The van der Waals surface area contributed by atoms with Crippen LogP contribution >= 0.6 is 0 Å². The molecular weight excluding hydrogens is 607 g/mol. The van der Waals surface area contributed by atoms with E-state index in [1.807, 2.05) is 60.7 Å². The highest BCUT2D eigenvalue weighted by molar-refractivity contribution is 6.24. The predicted octanol–water partition coefficient (Wildman–Crippen LogP) is 12.3. The van der Waals surface area contributed by atoms with Crippen LogP contribution in [0.3, 0.4) is 0 Å². The number of hydrogen-bond acceptors (Lipinski definition) is 3. The van der Waals surface area contributed by atoms with Crippen molar-refractivity contribution in [2.75, 3.05) is 0 Å². The van der Waals surface area contributed by atoms with Crippen molar-refractivity contribution in [3.63, 3.8) is 0 Å². The quantitative estimate of drug-likeness (QED) is 0.181. The number of fused-ring (bicyclic) bond motifs is 8. The monoisotopic (exact) mass is 635 g/mol. The minimum Gasteiger partial charge on any atom is -0.208 e. The molecule has 3 nitrogen and oxygen atoms in total. The van der Waals surface area contributed by atoms with Crippen LogP contribution in [-0.4, -0.2) is 15.0 Å². The van der Waals surface area contributed by atoms with Crippen LogP contribution in [0.2, 0.25) is 0 Å². The van der Waals surface area contributed by atoms with Gasteiger partial charge in [-0.3, -0.25) is 0 Å². The molecule has 0 aliphatic carbocycles. The summed E-state index contributed by atoms with van der Waals surface area (Å²) in [6.45, 7) is 0. The fourth-order valence-corrected chi connectivity index (χ4v) is 7.49. The summed E-state index contributed by atoms with van der Waals surface area (Å²) in [5.41, 5.74) is 5.25. The smallest absolute Gasteiger partial charge is 0.164 e. The average molecular weight is 636 g/mol. The molecule has 1 heterocycles. The Bertz CT molecular complexity index is 2860. The second-order valence-electron chi connectivity index (χ2n) is 12.8. The van der Waals surface area contributed by atoms with E-state index in [1.165, 1.54) is 54.2 Å². The minimum atomic E-state index is 0.658. The van der Waals surface area contributed by atoms with Crippen LogP contribution in [0.5, 0.6) is 0 Å². The van der Waals surface area contributed by atoms with E-state index < -0.39 is 0 Å². The maximum absolute atomic E-state index is 5.04. The lowest BCUT2D eigenvalue weighted by Gasteiger charge is -2.14. The van der Waals surface area contributed by atoms with Gasteiger partial charge in [-0.1, -0.05) is 164 Å². The van der Waals surface area contributed by atoms with E-state index in [9.17, 15) is 0 Å². The lowest BCUT2D eigenvalue weighted by molar-refractivity contribution is 1.08. The highest BCUT2D eigenvalue weighted by atomic mass is 15.0. The first kappa shape index (κ1) is 28.3. The Morgan fingerprint density at radius 2 is 0.780 bits per heavy atom. The average Bonchev–Trinajstić information content (AvgIpc) is 3.20. The Hall–Kier alpha value is -6.71. The van der Waals surface area contributed by atoms with Crippen molar-refractivity contribution in [1.82, 2.24) is 15.0 Å². The van der Waals surface area contributed by atoms with Crippen molar-refractivity contribution in [2.24, 2.45) is 0 Å². The van der Waals surface area contributed by atoms with Crippen LogP contribution < -0.4 is 0 Å². The molecule has 0 saturated carbocycles. The molecule has 0 fully saturated rings. The van der Waals surface area contributed by atoms with Crippen LogP contribution in [0.25, 0.3) is 99.2 Å². The molecule has 0 saturated heterocycles. The molecular formula is C47H29N3. The molecule has 3 heteroatoms. The summed E-state index contributed by atoms with van der Waals surface area (Å²) < 4.78 is 0. The summed E-state index contributed by atoms with van der Waals surface area (Å²) in [5.74, 6) is 1.97. The Kier molecular flexibility index (Phi) is 6.49. The van der Waals surface area contributed by atoms with Crippen molar-refractivity contribution in [3.8, 4) is 45.3 Å². The third-order valence-electron chi connectivity index (χ3n) is 9.90. The molecule has 0 spiro atoms. The van der Waals surface area contributed by atoms with E-state index in [0.29, 0.717) is 17.5 Å². The lowest BCUT2D eigenvalue weighted by atomic mass is 9.91. The first-order valence-corrected chi connectivity index (χ1v) is 16.9. The van der Waals surface area contributed by atoms with Gasteiger partial charge in [0.15, 0.2) is 17.5 Å². The van der Waals surface area contributed by atoms with Gasteiger partial charge in [0.25, 0.3) is 0 Å². The van der Waals surface area contributed by atoms with Gasteiger partial charge in [0.1, 0.15) is 0 Å². The number of rotatable bonds is 4. The topological polar surface area (TPSA) is 38.7 Å². The van der Waals surface area contributed by atoms with Crippen molar-refractivity contribution < 1.29 is 0 Å². The lowest BCUT2D eigenvalue weighted by Crippen LogP contribution is -2.00. The van der Waals surface area contributed by atoms with Crippen LogP contribution in [0.1, 0.15) is 0 Å². The van der Waals surface area contributed by atoms with E-state index in [-0.39, 0.29) is 0 Å². The van der Waals surface area contributed by atoms with Crippen LogP contribution in [0.15, 0.2) is 176 Å². The van der Waals surface area contributed by atoms with Gasteiger partial charge in [-0.15, -0.1) is 0 Å². The summed E-state index contributed by atoms with van der Waals surface area (Å²) in [6.07, 6.45) is 0. The standard InChI is InChI=1S/C47H29N3/c1-3-12-32(13-4-1)45-48-46(33-14-5-2-6-15-33)50-47(49-45)43-28-27-37(39-17-9-10-18-40(39)43)34-22-24-36-35(29-34)23-26-42-41(36)25-21-31-20-19-30-11-7-8-16-38(30)44(31)42/h1-29H. The number of nitrogens with zero attached hydrogens (tertiary/aromatic N) is 3. The third kappa shape index (κ3) is 4.63. The molecule has 0 atom stereocenters. The van der Waals surface area contributed by atoms with Gasteiger partial charge in [-0.05, 0) is 77.1 Å². The zero-order chi connectivity index (χ0) is 33.0. The SMILES string of the molecule is c1ccc(-c2nc(-c3ccccc3)nc(-c3ccc(-c4ccc5c(ccc6c5ccc5ccc7ccccc7c56)c4)c4ccccc34)n2)cc1. The highest BCUT2D eigenvalue weighted by Gasteiger charge is 2.16. The first-order chi connectivity index (χ1) is 24.8. The highest BCUT2D eigenvalue weighted by Crippen LogP contribution is 2.39. The Labute approximate surface area is 289 Å². The van der Waals surface area contributed by atoms with Crippen LogP contribution in [-0.2, 0) is 0 Å². The third-order valence-corrected chi connectivity index (χ3v) is 9.90. The Balaban J connectivity index is 1.13. The van der Waals surface area contributed by atoms with Gasteiger partial charge in [0.2, 0.25) is 0 Å². The minimum absolute atomic E-state index is 0.658. The normalized spacial score (nSPS) is 11.6. The molecule has 0 aliphatic rings. The van der Waals surface area contributed by atoms with Gasteiger partial charge in [-0.25, -0.2) is 15.0 Å². The van der Waals surface area contributed by atoms with Gasteiger partial charge in [-0.2, -0.15) is 0 Å². The molecule has 232 valence electrons. The van der Waals surface area contributed by atoms with Crippen molar-refractivity contribution >= 4 is 53.9 Å². The summed E-state index contributed by atoms with van der Waals surface area (Å²) in [5, 5.41) is 12.4. The summed E-state index contributed by atoms with van der Waals surface area (Å²) in [6, 6.07) is 62.3. The molecule has 0 bridgehead atoms. The van der Waals surface area contributed by atoms with Gasteiger partial charge >= 0.3 is 0 Å².